The van der Waals surface area contributed by atoms with Crippen LogP contribution < -0.4 is 5.32 Å². The van der Waals surface area contributed by atoms with Crippen molar-refractivity contribution in [3.05, 3.63) is 52.5 Å². The highest BCUT2D eigenvalue weighted by Gasteiger charge is 2.10. The van der Waals surface area contributed by atoms with E-state index < -0.39 is 0 Å². The number of benzene rings is 1. The van der Waals surface area contributed by atoms with Gasteiger partial charge in [0.1, 0.15) is 5.82 Å². The van der Waals surface area contributed by atoms with Crippen molar-refractivity contribution in [3.63, 3.8) is 0 Å². The average Bonchev–Trinajstić information content (AvgIpc) is 2.78. The van der Waals surface area contributed by atoms with Gasteiger partial charge in [0, 0.05) is 36.4 Å². The van der Waals surface area contributed by atoms with E-state index in [0.717, 1.165) is 23.1 Å². The summed E-state index contributed by atoms with van der Waals surface area (Å²) in [4.78, 5) is 4.36. The Morgan fingerprint density at radius 2 is 2.06 bits per heavy atom. The highest BCUT2D eigenvalue weighted by Crippen LogP contribution is 2.20. The number of hydrogen-bond acceptors (Lipinski definition) is 2. The molecule has 0 saturated heterocycles. The van der Waals surface area contributed by atoms with Crippen molar-refractivity contribution in [1.82, 2.24) is 14.9 Å². The Labute approximate surface area is 116 Å². The predicted molar refractivity (Wildman–Crippen MR) is 77.5 cm³/mol. The summed E-state index contributed by atoms with van der Waals surface area (Å²) in [5.41, 5.74) is 1.31. The smallest absolute Gasteiger partial charge is 0.108 e. The second-order valence-electron chi connectivity index (χ2n) is 4.39. The first-order valence-electron chi connectivity index (χ1n) is 6.09. The van der Waals surface area contributed by atoms with Crippen molar-refractivity contribution in [2.75, 3.05) is 7.05 Å². The molecule has 2 aromatic rings. The third kappa shape index (κ3) is 3.21. The van der Waals surface area contributed by atoms with Crippen LogP contribution in [-0.2, 0) is 13.5 Å². The van der Waals surface area contributed by atoms with Crippen molar-refractivity contribution in [3.8, 4) is 0 Å². The van der Waals surface area contributed by atoms with Crippen LogP contribution in [0.5, 0.6) is 0 Å². The van der Waals surface area contributed by atoms with Crippen molar-refractivity contribution in [2.24, 2.45) is 7.05 Å². The van der Waals surface area contributed by atoms with Gasteiger partial charge in [0.05, 0.1) is 0 Å². The van der Waals surface area contributed by atoms with Crippen molar-refractivity contribution < 1.29 is 0 Å². The van der Waals surface area contributed by atoms with Crippen LogP contribution in [0.4, 0.5) is 0 Å². The lowest BCUT2D eigenvalue weighted by atomic mass is 10.0. The molecule has 0 radical (unpaired) electrons. The highest BCUT2D eigenvalue weighted by molar-refractivity contribution is 9.10. The number of hydrogen-bond donors (Lipinski definition) is 1. The number of imidazole rings is 1. The highest BCUT2D eigenvalue weighted by atomic mass is 79.9. The molecule has 0 aliphatic heterocycles. The summed E-state index contributed by atoms with van der Waals surface area (Å²) in [6.45, 7) is 0. The molecule has 0 aliphatic rings. The van der Waals surface area contributed by atoms with Crippen LogP contribution in [0, 0.1) is 0 Å². The van der Waals surface area contributed by atoms with Crippen LogP contribution in [0.1, 0.15) is 23.9 Å². The van der Waals surface area contributed by atoms with Crippen LogP contribution in [0.15, 0.2) is 41.1 Å². The number of aromatic nitrogens is 2. The zero-order valence-corrected chi connectivity index (χ0v) is 12.3. The van der Waals surface area contributed by atoms with Crippen LogP contribution in [0.25, 0.3) is 0 Å². The van der Waals surface area contributed by atoms with E-state index in [9.17, 15) is 0 Å². The fourth-order valence-corrected chi connectivity index (χ4v) is 2.35. The van der Waals surface area contributed by atoms with E-state index in [4.69, 9.17) is 0 Å². The topological polar surface area (TPSA) is 29.9 Å². The SMILES string of the molecule is CNC(CCc1nccn1C)c1ccc(Br)cc1. The monoisotopic (exact) mass is 307 g/mol. The molecule has 1 unspecified atom stereocenters. The Balaban J connectivity index is 2.01. The number of rotatable bonds is 5. The van der Waals surface area contributed by atoms with E-state index in [1.54, 1.807) is 0 Å². The van der Waals surface area contributed by atoms with Crippen LogP contribution >= 0.6 is 15.9 Å². The maximum Gasteiger partial charge on any atom is 0.108 e. The number of halogens is 1. The third-order valence-corrected chi connectivity index (χ3v) is 3.73. The largest absolute Gasteiger partial charge is 0.338 e. The first kappa shape index (κ1) is 13.3. The van der Waals surface area contributed by atoms with Crippen LogP contribution in [0.2, 0.25) is 0 Å². The molecule has 1 heterocycles. The number of aryl methyl sites for hydroxylation is 2. The molecule has 18 heavy (non-hydrogen) atoms. The molecular weight excluding hydrogens is 290 g/mol. The summed E-state index contributed by atoms with van der Waals surface area (Å²) in [7, 11) is 4.04. The average molecular weight is 308 g/mol. The molecule has 96 valence electrons. The normalized spacial score (nSPS) is 12.6. The lowest BCUT2D eigenvalue weighted by Crippen LogP contribution is -2.17. The first-order valence-corrected chi connectivity index (χ1v) is 6.89. The Hall–Kier alpha value is -1.13. The number of nitrogens with zero attached hydrogens (tertiary/aromatic N) is 2. The molecule has 0 bridgehead atoms. The maximum absolute atomic E-state index is 4.36. The summed E-state index contributed by atoms with van der Waals surface area (Å²) in [6, 6.07) is 8.85. The fourth-order valence-electron chi connectivity index (χ4n) is 2.08. The molecule has 0 fully saturated rings. The predicted octanol–water partition coefficient (Wildman–Crippen LogP) is 3.08. The summed E-state index contributed by atoms with van der Waals surface area (Å²) in [5, 5.41) is 3.37. The zero-order chi connectivity index (χ0) is 13.0. The van der Waals surface area contributed by atoms with Gasteiger partial charge in [-0.15, -0.1) is 0 Å². The summed E-state index contributed by atoms with van der Waals surface area (Å²) in [6.07, 6.45) is 5.86. The Kier molecular flexibility index (Phi) is 4.55. The van der Waals surface area contributed by atoms with Gasteiger partial charge in [-0.25, -0.2) is 4.98 Å². The quantitative estimate of drug-likeness (QED) is 0.920. The lowest BCUT2D eigenvalue weighted by molar-refractivity contribution is 0.536. The van der Waals surface area contributed by atoms with Gasteiger partial charge < -0.3 is 9.88 Å². The Bertz CT molecular complexity index is 490. The van der Waals surface area contributed by atoms with Crippen LogP contribution in [0.3, 0.4) is 0 Å². The van der Waals surface area contributed by atoms with Gasteiger partial charge in [-0.1, -0.05) is 28.1 Å². The molecule has 1 atom stereocenters. The minimum absolute atomic E-state index is 0.370. The summed E-state index contributed by atoms with van der Waals surface area (Å²) < 4.78 is 3.19. The van der Waals surface area contributed by atoms with Gasteiger partial charge in [-0.3, -0.25) is 0 Å². The molecule has 0 aliphatic carbocycles. The number of nitrogens with one attached hydrogen (secondary N) is 1. The molecule has 1 aromatic carbocycles. The molecule has 4 heteroatoms. The molecule has 1 aromatic heterocycles. The molecule has 0 spiro atoms. The van der Waals surface area contributed by atoms with Gasteiger partial charge in [-0.05, 0) is 31.2 Å². The van der Waals surface area contributed by atoms with E-state index in [1.165, 1.54) is 5.56 Å². The van der Waals surface area contributed by atoms with Gasteiger partial charge in [-0.2, -0.15) is 0 Å². The molecule has 2 rings (SSSR count). The molecule has 3 nitrogen and oxygen atoms in total. The second kappa shape index (κ2) is 6.16. The van der Waals surface area contributed by atoms with Gasteiger partial charge in [0.15, 0.2) is 0 Å². The van der Waals surface area contributed by atoms with E-state index >= 15 is 0 Å². The van der Waals surface area contributed by atoms with Crippen molar-refractivity contribution in [1.29, 1.82) is 0 Å². The third-order valence-electron chi connectivity index (χ3n) is 3.20. The fraction of sp³-hybridized carbons (Fsp3) is 0.357. The van der Waals surface area contributed by atoms with E-state index in [0.29, 0.717) is 6.04 Å². The van der Waals surface area contributed by atoms with E-state index in [-0.39, 0.29) is 0 Å². The Morgan fingerprint density at radius 1 is 1.33 bits per heavy atom. The minimum atomic E-state index is 0.370. The molecular formula is C14H18BrN3. The second-order valence-corrected chi connectivity index (χ2v) is 5.30. The van der Waals surface area contributed by atoms with E-state index in [1.807, 2.05) is 26.5 Å². The van der Waals surface area contributed by atoms with Crippen molar-refractivity contribution >= 4 is 15.9 Å². The maximum atomic E-state index is 4.36. The first-order chi connectivity index (χ1) is 8.70. The van der Waals surface area contributed by atoms with Crippen molar-refractivity contribution in [2.45, 2.75) is 18.9 Å². The Morgan fingerprint density at radius 3 is 2.61 bits per heavy atom. The zero-order valence-electron chi connectivity index (χ0n) is 10.7. The minimum Gasteiger partial charge on any atom is -0.338 e. The lowest BCUT2D eigenvalue weighted by Gasteiger charge is -2.16. The molecule has 0 amide bonds. The van der Waals surface area contributed by atoms with E-state index in [2.05, 4.69) is 55.1 Å². The summed E-state index contributed by atoms with van der Waals surface area (Å²) in [5.74, 6) is 1.13. The summed E-state index contributed by atoms with van der Waals surface area (Å²) >= 11 is 3.46. The molecule has 1 N–H and O–H groups in total. The van der Waals surface area contributed by atoms with Gasteiger partial charge in [0.2, 0.25) is 0 Å². The van der Waals surface area contributed by atoms with Gasteiger partial charge >= 0.3 is 0 Å². The molecule has 0 saturated carbocycles. The van der Waals surface area contributed by atoms with Gasteiger partial charge in [0.25, 0.3) is 0 Å². The standard InChI is InChI=1S/C14H18BrN3/c1-16-13(11-3-5-12(15)6-4-11)7-8-14-17-9-10-18(14)2/h3-6,9-10,13,16H,7-8H2,1-2H3. The van der Waals surface area contributed by atoms with Crippen LogP contribution in [-0.4, -0.2) is 16.6 Å².